The Kier molecular flexibility index (Phi) is 2.03. The molecule has 0 radical (unpaired) electrons. The third-order valence-corrected chi connectivity index (χ3v) is 3.21. The molecule has 0 amide bonds. The summed E-state index contributed by atoms with van der Waals surface area (Å²) in [5, 5.41) is 14.7. The fourth-order valence-electron chi connectivity index (χ4n) is 2.37. The number of phenolic OH excluding ortho intramolecular Hbond substituents is 1. The summed E-state index contributed by atoms with van der Waals surface area (Å²) < 4.78 is 56.1. The van der Waals surface area contributed by atoms with Crippen molar-refractivity contribution < 1.29 is 18.4 Å². The second-order valence-corrected chi connectivity index (χ2v) is 4.72. The Hall–Kier alpha value is -1.06. The van der Waals surface area contributed by atoms with E-state index in [2.05, 4.69) is 0 Å². The van der Waals surface area contributed by atoms with E-state index in [0.717, 1.165) is 4.90 Å². The van der Waals surface area contributed by atoms with Crippen LogP contribution in [0, 0.1) is 5.89 Å². The molecule has 100 valence electrons. The molecule has 0 saturated heterocycles. The third-order valence-electron chi connectivity index (χ3n) is 3.21. The van der Waals surface area contributed by atoms with E-state index in [4.69, 9.17) is 14.8 Å². The molecular weight excluding hydrogens is 226 g/mol. The summed E-state index contributed by atoms with van der Waals surface area (Å²) in [7, 11) is 1.34. The van der Waals surface area contributed by atoms with Crippen molar-refractivity contribution in [2.75, 3.05) is 20.6 Å². The molecule has 1 aromatic carbocycles. The van der Waals surface area contributed by atoms with Crippen molar-refractivity contribution in [3.63, 3.8) is 0 Å². The normalized spacial score (nSPS) is 41.8. The highest BCUT2D eigenvalue weighted by molar-refractivity contribution is 5.32. The molecule has 0 aromatic heterocycles. The van der Waals surface area contributed by atoms with Crippen molar-refractivity contribution in [1.82, 2.24) is 4.90 Å². The minimum Gasteiger partial charge on any atom is -0.508 e. The van der Waals surface area contributed by atoms with E-state index in [1.807, 2.05) is 0 Å². The van der Waals surface area contributed by atoms with Gasteiger partial charge in [-0.25, -0.2) is 0 Å². The summed E-state index contributed by atoms with van der Waals surface area (Å²) in [5.74, 6) is -1.87. The molecule has 3 heteroatoms. The molecule has 1 aromatic rings. The van der Waals surface area contributed by atoms with Gasteiger partial charge in [-0.1, -0.05) is 25.0 Å². The maximum Gasteiger partial charge on any atom is 0.211 e. The fourth-order valence-corrected chi connectivity index (χ4v) is 2.37. The first-order valence-corrected chi connectivity index (χ1v) is 6.05. The molecule has 2 atom stereocenters. The average molecular weight is 256 g/mol. The Balaban J connectivity index is 2.63. The van der Waals surface area contributed by atoms with Crippen LogP contribution in [0.5, 0.6) is 5.75 Å². The van der Waals surface area contributed by atoms with Gasteiger partial charge < -0.3 is 15.1 Å². The van der Waals surface area contributed by atoms with E-state index in [1.54, 1.807) is 0 Å². The van der Waals surface area contributed by atoms with E-state index in [-0.39, 0.29) is 30.7 Å². The van der Waals surface area contributed by atoms with Gasteiger partial charge in [-0.3, -0.25) is 0 Å². The lowest BCUT2D eigenvalue weighted by molar-refractivity contribution is -0.0619. The summed E-state index contributed by atoms with van der Waals surface area (Å²) >= 11 is 0. The number of aromatic hydroxyl groups is 1. The standard InChI is InChI=1S/C15H23NO2/c1-16(2)11-13-6-3-4-9-15(13,18)12-7-5-8-14(17)10-12/h5,7-8,10,13,17-18H,3-4,6,9,11H2,1-2H3/t13-,15+/m0/s1/i1D3,9D2,13D,18D. The predicted octanol–water partition coefficient (Wildman–Crippen LogP) is 2.33. The molecule has 3 nitrogen and oxygen atoms in total. The summed E-state index contributed by atoms with van der Waals surface area (Å²) in [6, 6.07) is 5.66. The van der Waals surface area contributed by atoms with Gasteiger partial charge in [-0.05, 0) is 44.5 Å². The molecule has 18 heavy (non-hydrogen) atoms. The molecule has 0 spiro atoms. The van der Waals surface area contributed by atoms with E-state index in [1.165, 1.54) is 31.3 Å². The lowest BCUT2D eigenvalue weighted by Crippen LogP contribution is -2.43. The van der Waals surface area contributed by atoms with Crippen LogP contribution in [0.3, 0.4) is 0 Å². The van der Waals surface area contributed by atoms with Gasteiger partial charge in [0.15, 0.2) is 0 Å². The number of hydrogen-bond acceptors (Lipinski definition) is 3. The summed E-state index contributed by atoms with van der Waals surface area (Å²) in [6.07, 6.45) is -1.48. The zero-order valence-corrected chi connectivity index (χ0v) is 10.4. The number of phenols is 1. The van der Waals surface area contributed by atoms with Crippen LogP contribution in [0.25, 0.3) is 0 Å². The maximum absolute atomic E-state index is 9.80. The number of aliphatic hydroxyl groups is 1. The summed E-state index contributed by atoms with van der Waals surface area (Å²) in [6.45, 7) is -2.76. The van der Waals surface area contributed by atoms with Crippen molar-refractivity contribution >= 4 is 0 Å². The van der Waals surface area contributed by atoms with Crippen molar-refractivity contribution in [1.29, 1.82) is 1.43 Å². The zero-order valence-electron chi connectivity index (χ0n) is 17.4. The van der Waals surface area contributed by atoms with Gasteiger partial charge in [0.2, 0.25) is 1.43 Å². The second kappa shape index (κ2) is 5.29. The minimum absolute atomic E-state index is 0.0691. The Bertz CT molecular complexity index is 624. The number of nitrogens with zero attached hydrogens (tertiary/aromatic N) is 1. The van der Waals surface area contributed by atoms with Crippen LogP contribution >= 0.6 is 0 Å². The molecule has 0 aliphatic heterocycles. The quantitative estimate of drug-likeness (QED) is 0.869. The van der Waals surface area contributed by atoms with Gasteiger partial charge >= 0.3 is 0 Å². The smallest absolute Gasteiger partial charge is 0.211 e. The van der Waals surface area contributed by atoms with Crippen LogP contribution in [0.15, 0.2) is 24.3 Å². The SMILES string of the molecule is [2H]O[C@@]1(c2cccc(O)c2)C([2H])([2H])CCC[C@@]1([2H])CN(C)C([2H])([2H])[2H]. The monoisotopic (exact) mass is 256 g/mol. The Labute approximate surface area is 119 Å². The molecule has 1 aliphatic rings. The Morgan fingerprint density at radius 3 is 3.28 bits per heavy atom. The predicted molar refractivity (Wildman–Crippen MR) is 72.5 cm³/mol. The van der Waals surface area contributed by atoms with E-state index in [9.17, 15) is 5.11 Å². The van der Waals surface area contributed by atoms with Gasteiger partial charge in [0.05, 0.1) is 5.60 Å². The van der Waals surface area contributed by atoms with Crippen molar-refractivity contribution in [2.24, 2.45) is 5.89 Å². The van der Waals surface area contributed by atoms with E-state index in [0.29, 0.717) is 6.42 Å². The van der Waals surface area contributed by atoms with Crippen LogP contribution in [0.4, 0.5) is 0 Å². The summed E-state index contributed by atoms with van der Waals surface area (Å²) in [5.41, 5.74) is -1.88. The molecule has 0 heterocycles. The Morgan fingerprint density at radius 2 is 2.56 bits per heavy atom. The number of hydrogen-bond donors (Lipinski definition) is 2. The molecule has 0 bridgehead atoms. The highest BCUT2D eigenvalue weighted by Gasteiger charge is 2.40. The lowest BCUT2D eigenvalue weighted by Gasteiger charge is -2.41. The molecule has 1 aliphatic carbocycles. The largest absolute Gasteiger partial charge is 0.508 e. The van der Waals surface area contributed by atoms with Gasteiger partial charge in [-0.15, -0.1) is 0 Å². The second-order valence-electron chi connectivity index (χ2n) is 4.72. The highest BCUT2D eigenvalue weighted by atomic mass is 16.3. The molecule has 1 fully saturated rings. The number of rotatable bonds is 4. The van der Waals surface area contributed by atoms with Crippen molar-refractivity contribution in [2.45, 2.75) is 31.2 Å². The molecule has 1 saturated carbocycles. The van der Waals surface area contributed by atoms with Crippen LogP contribution in [0.1, 0.15) is 39.4 Å². The lowest BCUT2D eigenvalue weighted by atomic mass is 9.71. The first-order chi connectivity index (χ1) is 11.4. The maximum atomic E-state index is 9.80. The van der Waals surface area contributed by atoms with Crippen LogP contribution in [-0.4, -0.2) is 37.1 Å². The zero-order chi connectivity index (χ0) is 19.1. The average Bonchev–Trinajstić information content (AvgIpc) is 2.46. The topological polar surface area (TPSA) is 43.7 Å². The van der Waals surface area contributed by atoms with E-state index < -0.39 is 24.8 Å². The molecule has 2 N–H and O–H groups in total. The van der Waals surface area contributed by atoms with Gasteiger partial charge in [0.25, 0.3) is 0 Å². The molecule has 2 rings (SSSR count). The van der Waals surface area contributed by atoms with Crippen LogP contribution in [0.2, 0.25) is 0 Å². The highest BCUT2D eigenvalue weighted by Crippen LogP contribution is 2.42. The van der Waals surface area contributed by atoms with Gasteiger partial charge in [0, 0.05) is 20.7 Å². The van der Waals surface area contributed by atoms with Crippen molar-refractivity contribution in [3.8, 4) is 5.75 Å². The fraction of sp³-hybridized carbons (Fsp3) is 0.600. The van der Waals surface area contributed by atoms with Crippen LogP contribution in [-0.2, 0) is 5.60 Å². The van der Waals surface area contributed by atoms with Gasteiger partial charge in [0.1, 0.15) is 5.75 Å². The number of benzene rings is 1. The van der Waals surface area contributed by atoms with Crippen LogP contribution < -0.4 is 0 Å². The summed E-state index contributed by atoms with van der Waals surface area (Å²) in [4.78, 5) is 0.998. The Morgan fingerprint density at radius 1 is 1.67 bits per heavy atom. The first-order valence-electron chi connectivity index (χ1n) is 9.46. The van der Waals surface area contributed by atoms with Crippen molar-refractivity contribution in [3.05, 3.63) is 29.8 Å². The third kappa shape index (κ3) is 2.68. The van der Waals surface area contributed by atoms with Gasteiger partial charge in [-0.2, -0.15) is 0 Å². The molecular formula is C15H23NO2. The minimum atomic E-state index is -2.45. The van der Waals surface area contributed by atoms with E-state index >= 15 is 0 Å². The first kappa shape index (κ1) is 6.92. The molecule has 0 unspecified atom stereocenters.